The van der Waals surface area contributed by atoms with Crippen molar-refractivity contribution in [3.8, 4) is 11.5 Å². The van der Waals surface area contributed by atoms with Gasteiger partial charge in [0, 0.05) is 5.56 Å². The molecule has 0 aliphatic heterocycles. The molecule has 0 aliphatic carbocycles. The highest BCUT2D eigenvalue weighted by Gasteiger charge is 2.11. The van der Waals surface area contributed by atoms with Gasteiger partial charge in [-0.3, -0.25) is 0 Å². The van der Waals surface area contributed by atoms with Gasteiger partial charge in [0.25, 0.3) is 0 Å². The van der Waals surface area contributed by atoms with Crippen molar-refractivity contribution in [2.75, 3.05) is 0 Å². The predicted molar refractivity (Wildman–Crippen MR) is 72.9 cm³/mol. The van der Waals surface area contributed by atoms with Crippen molar-refractivity contribution in [1.29, 1.82) is 0 Å². The van der Waals surface area contributed by atoms with E-state index in [-0.39, 0.29) is 0 Å². The molecule has 2 aromatic rings. The molecule has 0 radical (unpaired) electrons. The van der Waals surface area contributed by atoms with E-state index in [1.165, 1.54) is 0 Å². The van der Waals surface area contributed by atoms with Crippen LogP contribution in [0.25, 0.3) is 0 Å². The Morgan fingerprint density at radius 3 is 2.61 bits per heavy atom. The van der Waals surface area contributed by atoms with Gasteiger partial charge in [-0.05, 0) is 37.1 Å². The number of aliphatic hydroxyl groups excluding tert-OH is 1. The summed E-state index contributed by atoms with van der Waals surface area (Å²) in [5.74, 6) is 1.52. The second kappa shape index (κ2) is 5.69. The Hall–Kier alpha value is -1.80. The highest BCUT2D eigenvalue weighted by molar-refractivity contribution is 5.39. The van der Waals surface area contributed by atoms with Crippen LogP contribution < -0.4 is 4.74 Å². The standard InChI is InChI=1S/C16H18O2/c1-3-15(17)14-9-4-5-10-16(14)18-13-8-6-7-12(2)11-13/h4-11,15,17H,3H2,1-2H3. The monoisotopic (exact) mass is 242 g/mol. The molecule has 0 saturated heterocycles. The highest BCUT2D eigenvalue weighted by Crippen LogP contribution is 2.31. The molecule has 0 bridgehead atoms. The third-order valence-corrected chi connectivity index (χ3v) is 2.88. The van der Waals surface area contributed by atoms with Gasteiger partial charge in [-0.25, -0.2) is 0 Å². The number of hydrogen-bond acceptors (Lipinski definition) is 2. The lowest BCUT2D eigenvalue weighted by molar-refractivity contribution is 0.170. The minimum absolute atomic E-state index is 0.481. The maximum absolute atomic E-state index is 9.96. The average Bonchev–Trinajstić information content (AvgIpc) is 2.38. The topological polar surface area (TPSA) is 29.5 Å². The molecular weight excluding hydrogens is 224 g/mol. The van der Waals surface area contributed by atoms with E-state index in [0.29, 0.717) is 6.42 Å². The first kappa shape index (κ1) is 12.7. The lowest BCUT2D eigenvalue weighted by Gasteiger charge is -2.14. The Labute approximate surface area is 108 Å². The van der Waals surface area contributed by atoms with Crippen molar-refractivity contribution in [2.45, 2.75) is 26.4 Å². The lowest BCUT2D eigenvalue weighted by atomic mass is 10.1. The van der Waals surface area contributed by atoms with Gasteiger partial charge in [0.15, 0.2) is 0 Å². The van der Waals surface area contributed by atoms with Crippen LogP contribution in [0, 0.1) is 6.92 Å². The van der Waals surface area contributed by atoms with Gasteiger partial charge in [-0.1, -0.05) is 37.3 Å². The Morgan fingerprint density at radius 1 is 1.11 bits per heavy atom. The lowest BCUT2D eigenvalue weighted by Crippen LogP contribution is -1.98. The van der Waals surface area contributed by atoms with Crippen LogP contribution in [0.5, 0.6) is 11.5 Å². The zero-order chi connectivity index (χ0) is 13.0. The third-order valence-electron chi connectivity index (χ3n) is 2.88. The normalized spacial score (nSPS) is 12.2. The zero-order valence-corrected chi connectivity index (χ0v) is 10.8. The third kappa shape index (κ3) is 2.90. The maximum Gasteiger partial charge on any atom is 0.133 e. The molecule has 2 rings (SSSR count). The molecule has 2 aromatic carbocycles. The molecule has 0 saturated carbocycles. The van der Waals surface area contributed by atoms with Gasteiger partial charge in [0.2, 0.25) is 0 Å². The summed E-state index contributed by atoms with van der Waals surface area (Å²) in [6, 6.07) is 15.5. The van der Waals surface area contributed by atoms with Crippen molar-refractivity contribution in [2.24, 2.45) is 0 Å². The van der Waals surface area contributed by atoms with Gasteiger partial charge in [0.05, 0.1) is 6.10 Å². The molecule has 0 fully saturated rings. The molecule has 94 valence electrons. The Bertz CT molecular complexity index is 520. The van der Waals surface area contributed by atoms with Crippen LogP contribution in [0.2, 0.25) is 0 Å². The van der Waals surface area contributed by atoms with Crippen molar-refractivity contribution in [1.82, 2.24) is 0 Å². The number of hydrogen-bond donors (Lipinski definition) is 1. The summed E-state index contributed by atoms with van der Waals surface area (Å²) in [5.41, 5.74) is 1.99. The van der Waals surface area contributed by atoms with Crippen LogP contribution >= 0.6 is 0 Å². The van der Waals surface area contributed by atoms with E-state index < -0.39 is 6.10 Å². The fourth-order valence-electron chi connectivity index (χ4n) is 1.87. The molecule has 1 atom stereocenters. The number of para-hydroxylation sites is 1. The van der Waals surface area contributed by atoms with Gasteiger partial charge >= 0.3 is 0 Å². The van der Waals surface area contributed by atoms with Gasteiger partial charge in [-0.2, -0.15) is 0 Å². The number of aryl methyl sites for hydroxylation is 1. The number of benzene rings is 2. The van der Waals surface area contributed by atoms with E-state index in [4.69, 9.17) is 4.74 Å². The van der Waals surface area contributed by atoms with Crippen LogP contribution in [0.3, 0.4) is 0 Å². The Kier molecular flexibility index (Phi) is 4.00. The molecule has 0 heterocycles. The maximum atomic E-state index is 9.96. The first-order valence-electron chi connectivity index (χ1n) is 6.22. The Balaban J connectivity index is 2.29. The summed E-state index contributed by atoms with van der Waals surface area (Å²) in [6.07, 6.45) is 0.194. The molecule has 0 amide bonds. The summed E-state index contributed by atoms with van der Waals surface area (Å²) in [7, 11) is 0. The number of rotatable bonds is 4. The molecule has 0 spiro atoms. The Morgan fingerprint density at radius 2 is 1.89 bits per heavy atom. The minimum atomic E-state index is -0.481. The van der Waals surface area contributed by atoms with E-state index in [0.717, 1.165) is 22.6 Å². The minimum Gasteiger partial charge on any atom is -0.457 e. The van der Waals surface area contributed by atoms with E-state index in [2.05, 4.69) is 0 Å². The smallest absolute Gasteiger partial charge is 0.133 e. The first-order chi connectivity index (χ1) is 8.70. The SMILES string of the molecule is CCC(O)c1ccccc1Oc1cccc(C)c1. The summed E-state index contributed by atoms with van der Waals surface area (Å²) in [6.45, 7) is 3.98. The second-order valence-corrected chi connectivity index (χ2v) is 4.38. The van der Waals surface area contributed by atoms with Crippen LogP contribution in [0.1, 0.15) is 30.6 Å². The van der Waals surface area contributed by atoms with Crippen LogP contribution in [0.15, 0.2) is 48.5 Å². The van der Waals surface area contributed by atoms with E-state index in [9.17, 15) is 5.11 Å². The zero-order valence-electron chi connectivity index (χ0n) is 10.8. The predicted octanol–water partition coefficient (Wildman–Crippen LogP) is 4.23. The summed E-state index contributed by atoms with van der Waals surface area (Å²) < 4.78 is 5.85. The fourth-order valence-corrected chi connectivity index (χ4v) is 1.87. The van der Waals surface area contributed by atoms with E-state index >= 15 is 0 Å². The molecule has 1 unspecified atom stereocenters. The molecular formula is C16H18O2. The van der Waals surface area contributed by atoms with E-state index in [1.807, 2.05) is 62.4 Å². The fraction of sp³-hybridized carbons (Fsp3) is 0.250. The van der Waals surface area contributed by atoms with Crippen LogP contribution in [0.4, 0.5) is 0 Å². The summed E-state index contributed by atoms with van der Waals surface area (Å²) >= 11 is 0. The van der Waals surface area contributed by atoms with Crippen LogP contribution in [-0.2, 0) is 0 Å². The largest absolute Gasteiger partial charge is 0.457 e. The molecule has 2 heteroatoms. The first-order valence-corrected chi connectivity index (χ1v) is 6.22. The van der Waals surface area contributed by atoms with E-state index in [1.54, 1.807) is 0 Å². The molecule has 2 nitrogen and oxygen atoms in total. The molecule has 0 aromatic heterocycles. The van der Waals surface area contributed by atoms with Crippen molar-refractivity contribution < 1.29 is 9.84 Å². The number of ether oxygens (including phenoxy) is 1. The molecule has 1 N–H and O–H groups in total. The molecule has 0 aliphatic rings. The number of aliphatic hydroxyl groups is 1. The molecule has 18 heavy (non-hydrogen) atoms. The average molecular weight is 242 g/mol. The van der Waals surface area contributed by atoms with Crippen LogP contribution in [-0.4, -0.2) is 5.11 Å². The quantitative estimate of drug-likeness (QED) is 0.869. The van der Waals surface area contributed by atoms with Crippen molar-refractivity contribution >= 4 is 0 Å². The van der Waals surface area contributed by atoms with Gasteiger partial charge in [-0.15, -0.1) is 0 Å². The van der Waals surface area contributed by atoms with Crippen molar-refractivity contribution in [3.63, 3.8) is 0 Å². The summed E-state index contributed by atoms with van der Waals surface area (Å²) in [4.78, 5) is 0. The van der Waals surface area contributed by atoms with Crippen molar-refractivity contribution in [3.05, 3.63) is 59.7 Å². The summed E-state index contributed by atoms with van der Waals surface area (Å²) in [5, 5.41) is 9.96. The highest BCUT2D eigenvalue weighted by atomic mass is 16.5. The van der Waals surface area contributed by atoms with Gasteiger partial charge in [0.1, 0.15) is 11.5 Å². The second-order valence-electron chi connectivity index (χ2n) is 4.38. The van der Waals surface area contributed by atoms with Gasteiger partial charge < -0.3 is 9.84 Å².